The average molecular weight is 287 g/mol. The Bertz CT molecular complexity index is 620. The molecule has 110 valence electrons. The van der Waals surface area contributed by atoms with Crippen molar-refractivity contribution in [2.24, 2.45) is 5.92 Å². The summed E-state index contributed by atoms with van der Waals surface area (Å²) in [4.78, 5) is 16.7. The molecule has 6 nitrogen and oxygen atoms in total. The summed E-state index contributed by atoms with van der Waals surface area (Å²) in [6.07, 6.45) is 4.17. The molecule has 1 atom stereocenters. The summed E-state index contributed by atoms with van der Waals surface area (Å²) in [5.74, 6) is 0.450. The molecule has 2 aromatic rings. The highest BCUT2D eigenvalue weighted by atomic mass is 16.5. The van der Waals surface area contributed by atoms with Crippen LogP contribution in [0.25, 0.3) is 0 Å². The molecule has 0 aliphatic heterocycles. The third-order valence-electron chi connectivity index (χ3n) is 3.91. The van der Waals surface area contributed by atoms with Crippen LogP contribution in [0.15, 0.2) is 35.1 Å². The largest absolute Gasteiger partial charge is 0.393 e. The van der Waals surface area contributed by atoms with Crippen molar-refractivity contribution in [3.8, 4) is 0 Å². The molecule has 1 aliphatic rings. The van der Waals surface area contributed by atoms with E-state index in [0.717, 1.165) is 5.69 Å². The van der Waals surface area contributed by atoms with Crippen LogP contribution in [-0.2, 0) is 0 Å². The quantitative estimate of drug-likeness (QED) is 0.892. The second-order valence-corrected chi connectivity index (χ2v) is 5.39. The number of aliphatic hydroxyl groups excluding tert-OH is 1. The third-order valence-corrected chi connectivity index (χ3v) is 3.91. The molecule has 1 aliphatic carbocycles. The van der Waals surface area contributed by atoms with Gasteiger partial charge in [-0.3, -0.25) is 9.78 Å². The van der Waals surface area contributed by atoms with E-state index in [1.807, 2.05) is 18.2 Å². The number of nitrogens with zero attached hydrogens (tertiary/aromatic N) is 2. The molecule has 0 spiro atoms. The number of carbonyl (C=O) groups is 1. The van der Waals surface area contributed by atoms with E-state index in [2.05, 4.69) is 15.5 Å². The first kappa shape index (κ1) is 13.8. The van der Waals surface area contributed by atoms with E-state index >= 15 is 0 Å². The molecule has 1 saturated carbocycles. The molecule has 6 heteroatoms. The minimum Gasteiger partial charge on any atom is -0.393 e. The zero-order valence-corrected chi connectivity index (χ0v) is 11.7. The maximum absolute atomic E-state index is 12.3. The van der Waals surface area contributed by atoms with Gasteiger partial charge >= 0.3 is 0 Å². The summed E-state index contributed by atoms with van der Waals surface area (Å²) in [5, 5.41) is 16.1. The van der Waals surface area contributed by atoms with Gasteiger partial charge < -0.3 is 14.9 Å². The van der Waals surface area contributed by atoms with Gasteiger partial charge in [-0.2, -0.15) is 0 Å². The molecule has 0 radical (unpaired) electrons. The topological polar surface area (TPSA) is 88.3 Å². The van der Waals surface area contributed by atoms with Crippen molar-refractivity contribution in [1.82, 2.24) is 15.5 Å². The molecule has 0 unspecified atom stereocenters. The van der Waals surface area contributed by atoms with Crippen molar-refractivity contribution in [3.63, 3.8) is 0 Å². The van der Waals surface area contributed by atoms with Crippen LogP contribution in [0.4, 0.5) is 0 Å². The molecule has 1 amide bonds. The molecule has 0 aromatic carbocycles. The zero-order valence-electron chi connectivity index (χ0n) is 11.7. The van der Waals surface area contributed by atoms with E-state index in [1.54, 1.807) is 13.1 Å². The Hall–Kier alpha value is -2.21. The number of hydrogen-bond acceptors (Lipinski definition) is 5. The lowest BCUT2D eigenvalue weighted by molar-refractivity contribution is 0.0228. The first-order valence-corrected chi connectivity index (χ1v) is 6.96. The number of carbonyl (C=O) groups excluding carboxylic acids is 1. The SMILES string of the molecule is Cc1oncc1C(=O)N[C@H](c1ccccn1)C1CC(O)C1. The summed E-state index contributed by atoms with van der Waals surface area (Å²) >= 11 is 0. The fourth-order valence-corrected chi connectivity index (χ4v) is 2.63. The molecule has 21 heavy (non-hydrogen) atoms. The van der Waals surface area contributed by atoms with Crippen LogP contribution in [0.2, 0.25) is 0 Å². The Kier molecular flexibility index (Phi) is 3.70. The number of aromatic nitrogens is 2. The van der Waals surface area contributed by atoms with Crippen LogP contribution in [0.5, 0.6) is 0 Å². The number of amides is 1. The predicted molar refractivity (Wildman–Crippen MR) is 74.4 cm³/mol. The van der Waals surface area contributed by atoms with Gasteiger partial charge in [0.1, 0.15) is 11.3 Å². The molecular weight excluding hydrogens is 270 g/mol. The highest BCUT2D eigenvalue weighted by molar-refractivity contribution is 5.95. The molecule has 3 rings (SSSR count). The number of pyridine rings is 1. The number of hydrogen-bond donors (Lipinski definition) is 2. The van der Waals surface area contributed by atoms with Crippen molar-refractivity contribution >= 4 is 5.91 Å². The Morgan fingerprint density at radius 1 is 1.48 bits per heavy atom. The number of aliphatic hydroxyl groups is 1. The second kappa shape index (κ2) is 5.65. The van der Waals surface area contributed by atoms with Gasteiger partial charge in [0.05, 0.1) is 24.0 Å². The van der Waals surface area contributed by atoms with E-state index in [9.17, 15) is 9.90 Å². The van der Waals surface area contributed by atoms with Gasteiger partial charge in [-0.05, 0) is 37.8 Å². The van der Waals surface area contributed by atoms with Crippen LogP contribution < -0.4 is 5.32 Å². The van der Waals surface area contributed by atoms with Crippen LogP contribution in [-0.4, -0.2) is 27.3 Å². The monoisotopic (exact) mass is 287 g/mol. The standard InChI is InChI=1S/C15H17N3O3/c1-9-12(8-17-21-9)15(20)18-14(10-6-11(19)7-10)13-4-2-3-5-16-13/h2-5,8,10-11,14,19H,6-7H2,1H3,(H,18,20)/t10?,11?,14-/m0/s1. The average Bonchev–Trinajstić information content (AvgIpc) is 2.89. The molecule has 2 heterocycles. The van der Waals surface area contributed by atoms with E-state index in [1.165, 1.54) is 6.20 Å². The van der Waals surface area contributed by atoms with E-state index in [4.69, 9.17) is 4.52 Å². The summed E-state index contributed by atoms with van der Waals surface area (Å²) < 4.78 is 4.92. The summed E-state index contributed by atoms with van der Waals surface area (Å²) in [6, 6.07) is 5.40. The number of rotatable bonds is 4. The summed E-state index contributed by atoms with van der Waals surface area (Å²) in [7, 11) is 0. The number of aryl methyl sites for hydroxylation is 1. The molecule has 2 N–H and O–H groups in total. The first-order chi connectivity index (χ1) is 10.1. The van der Waals surface area contributed by atoms with Crippen molar-refractivity contribution in [2.45, 2.75) is 31.9 Å². The minimum atomic E-state index is -0.282. The lowest BCUT2D eigenvalue weighted by atomic mass is 9.76. The first-order valence-electron chi connectivity index (χ1n) is 6.96. The maximum atomic E-state index is 12.3. The van der Waals surface area contributed by atoms with E-state index in [0.29, 0.717) is 24.2 Å². The van der Waals surface area contributed by atoms with Gasteiger partial charge in [-0.15, -0.1) is 0 Å². The lowest BCUT2D eigenvalue weighted by Crippen LogP contribution is -2.41. The smallest absolute Gasteiger partial charge is 0.257 e. The van der Waals surface area contributed by atoms with Gasteiger partial charge in [0, 0.05) is 6.20 Å². The summed E-state index contributed by atoms with van der Waals surface area (Å²) in [6.45, 7) is 1.70. The van der Waals surface area contributed by atoms with Crippen LogP contribution >= 0.6 is 0 Å². The lowest BCUT2D eigenvalue weighted by Gasteiger charge is -2.37. The van der Waals surface area contributed by atoms with Gasteiger partial charge in [0.2, 0.25) is 0 Å². The van der Waals surface area contributed by atoms with Crippen molar-refractivity contribution in [3.05, 3.63) is 47.6 Å². The maximum Gasteiger partial charge on any atom is 0.257 e. The normalized spacial score (nSPS) is 22.4. The van der Waals surface area contributed by atoms with Gasteiger partial charge in [0.25, 0.3) is 5.91 Å². The fourth-order valence-electron chi connectivity index (χ4n) is 2.63. The molecule has 0 saturated heterocycles. The van der Waals surface area contributed by atoms with Gasteiger partial charge in [0.15, 0.2) is 0 Å². The minimum absolute atomic E-state index is 0.194. The van der Waals surface area contributed by atoms with Crippen molar-refractivity contribution in [1.29, 1.82) is 0 Å². The van der Waals surface area contributed by atoms with Crippen LogP contribution in [0.1, 0.15) is 40.7 Å². The fraction of sp³-hybridized carbons (Fsp3) is 0.400. The Balaban J connectivity index is 1.80. The number of nitrogens with one attached hydrogen (secondary N) is 1. The highest BCUT2D eigenvalue weighted by Gasteiger charge is 2.36. The predicted octanol–water partition coefficient (Wildman–Crippen LogP) is 1.62. The molecular formula is C15H17N3O3. The van der Waals surface area contributed by atoms with E-state index in [-0.39, 0.29) is 24.0 Å². The van der Waals surface area contributed by atoms with Gasteiger partial charge in [-0.25, -0.2) is 0 Å². The van der Waals surface area contributed by atoms with E-state index < -0.39 is 0 Å². The summed E-state index contributed by atoms with van der Waals surface area (Å²) in [5.41, 5.74) is 1.23. The molecule has 0 bridgehead atoms. The Morgan fingerprint density at radius 3 is 2.86 bits per heavy atom. The van der Waals surface area contributed by atoms with Crippen molar-refractivity contribution in [2.75, 3.05) is 0 Å². The Morgan fingerprint density at radius 2 is 2.29 bits per heavy atom. The molecule has 1 fully saturated rings. The van der Waals surface area contributed by atoms with Crippen LogP contribution in [0.3, 0.4) is 0 Å². The van der Waals surface area contributed by atoms with Crippen molar-refractivity contribution < 1.29 is 14.4 Å². The van der Waals surface area contributed by atoms with Crippen LogP contribution in [0, 0.1) is 12.8 Å². The highest BCUT2D eigenvalue weighted by Crippen LogP contribution is 2.37. The Labute approximate surface area is 122 Å². The molecule has 2 aromatic heterocycles. The van der Waals surface area contributed by atoms with Gasteiger partial charge in [-0.1, -0.05) is 11.2 Å². The second-order valence-electron chi connectivity index (χ2n) is 5.39. The zero-order chi connectivity index (χ0) is 14.8. The third kappa shape index (κ3) is 2.80.